The highest BCUT2D eigenvalue weighted by Crippen LogP contribution is 2.18. The molecular formula is C15H21IN2O. The maximum atomic E-state index is 12.1. The lowest BCUT2D eigenvalue weighted by atomic mass is 9.95. The minimum absolute atomic E-state index is 0.102. The zero-order valence-corrected chi connectivity index (χ0v) is 13.4. The summed E-state index contributed by atoms with van der Waals surface area (Å²) < 4.78 is 1.20. The number of benzene rings is 1. The van der Waals surface area contributed by atoms with Crippen LogP contribution in [0, 0.1) is 3.57 Å². The number of rotatable bonds is 4. The predicted molar refractivity (Wildman–Crippen MR) is 87.3 cm³/mol. The van der Waals surface area contributed by atoms with Crippen molar-refractivity contribution >= 4 is 34.2 Å². The Morgan fingerprint density at radius 3 is 2.47 bits per heavy atom. The first-order valence-corrected chi connectivity index (χ1v) is 8.05. The SMILES string of the molecule is CC(Nc1ccc(I)cc1)C(=O)NC1CCCCC1. The molecule has 0 spiro atoms. The molecule has 1 saturated carbocycles. The van der Waals surface area contributed by atoms with Gasteiger partial charge in [-0.05, 0) is 66.6 Å². The Morgan fingerprint density at radius 2 is 1.84 bits per heavy atom. The Kier molecular flexibility index (Phi) is 5.48. The summed E-state index contributed by atoms with van der Waals surface area (Å²) in [5.74, 6) is 0.102. The van der Waals surface area contributed by atoms with Crippen LogP contribution in [0.5, 0.6) is 0 Å². The minimum atomic E-state index is -0.193. The molecule has 1 aliphatic rings. The Bertz CT molecular complexity index is 413. The molecule has 0 heterocycles. The molecule has 0 aliphatic heterocycles. The van der Waals surface area contributed by atoms with Gasteiger partial charge >= 0.3 is 0 Å². The number of halogens is 1. The lowest BCUT2D eigenvalue weighted by molar-refractivity contribution is -0.122. The normalized spacial score (nSPS) is 17.8. The lowest BCUT2D eigenvalue weighted by Gasteiger charge is -2.25. The van der Waals surface area contributed by atoms with E-state index in [0.29, 0.717) is 6.04 Å². The highest BCUT2D eigenvalue weighted by atomic mass is 127. The van der Waals surface area contributed by atoms with Gasteiger partial charge in [0.1, 0.15) is 6.04 Å². The predicted octanol–water partition coefficient (Wildman–Crippen LogP) is 3.54. The van der Waals surface area contributed by atoms with Crippen LogP contribution in [-0.2, 0) is 4.79 Å². The summed E-state index contributed by atoms with van der Waals surface area (Å²) in [6, 6.07) is 8.27. The molecule has 3 nitrogen and oxygen atoms in total. The van der Waals surface area contributed by atoms with Gasteiger partial charge in [0.15, 0.2) is 0 Å². The van der Waals surface area contributed by atoms with Gasteiger partial charge in [0.25, 0.3) is 0 Å². The Morgan fingerprint density at radius 1 is 1.21 bits per heavy atom. The first kappa shape index (κ1) is 14.6. The van der Waals surface area contributed by atoms with E-state index in [-0.39, 0.29) is 11.9 Å². The molecule has 1 aromatic rings. The number of carbonyl (C=O) groups excluding carboxylic acids is 1. The molecule has 1 aliphatic carbocycles. The monoisotopic (exact) mass is 372 g/mol. The number of nitrogens with one attached hydrogen (secondary N) is 2. The summed E-state index contributed by atoms with van der Waals surface area (Å²) in [7, 11) is 0. The molecule has 1 amide bonds. The molecule has 1 atom stereocenters. The van der Waals surface area contributed by atoms with Gasteiger partial charge in [-0.2, -0.15) is 0 Å². The molecule has 104 valence electrons. The highest BCUT2D eigenvalue weighted by Gasteiger charge is 2.19. The van der Waals surface area contributed by atoms with Crippen LogP contribution in [0.15, 0.2) is 24.3 Å². The van der Waals surface area contributed by atoms with Crippen LogP contribution < -0.4 is 10.6 Å². The Balaban J connectivity index is 1.83. The summed E-state index contributed by atoms with van der Waals surface area (Å²) in [4.78, 5) is 12.1. The molecule has 0 aromatic heterocycles. The van der Waals surface area contributed by atoms with Gasteiger partial charge in [-0.1, -0.05) is 19.3 Å². The van der Waals surface area contributed by atoms with E-state index in [2.05, 4.69) is 33.2 Å². The smallest absolute Gasteiger partial charge is 0.242 e. The summed E-state index contributed by atoms with van der Waals surface area (Å²) in [6.45, 7) is 1.91. The first-order chi connectivity index (χ1) is 9.15. The van der Waals surface area contributed by atoms with E-state index in [4.69, 9.17) is 0 Å². The van der Waals surface area contributed by atoms with E-state index in [9.17, 15) is 4.79 Å². The summed E-state index contributed by atoms with van der Waals surface area (Å²) in [6.07, 6.45) is 6.04. The van der Waals surface area contributed by atoms with E-state index in [1.165, 1.54) is 22.8 Å². The Hall–Kier alpha value is -0.780. The summed E-state index contributed by atoms with van der Waals surface area (Å²) in [5.41, 5.74) is 0.992. The largest absolute Gasteiger partial charge is 0.374 e. The van der Waals surface area contributed by atoms with Crippen LogP contribution in [0.25, 0.3) is 0 Å². The van der Waals surface area contributed by atoms with E-state index in [1.807, 2.05) is 31.2 Å². The maximum Gasteiger partial charge on any atom is 0.242 e. The zero-order valence-electron chi connectivity index (χ0n) is 11.3. The van der Waals surface area contributed by atoms with Crippen molar-refractivity contribution in [3.05, 3.63) is 27.8 Å². The summed E-state index contributed by atoms with van der Waals surface area (Å²) in [5, 5.41) is 6.39. The van der Waals surface area contributed by atoms with E-state index in [0.717, 1.165) is 18.5 Å². The third-order valence-electron chi connectivity index (χ3n) is 3.57. The highest BCUT2D eigenvalue weighted by molar-refractivity contribution is 14.1. The fourth-order valence-corrected chi connectivity index (χ4v) is 2.79. The van der Waals surface area contributed by atoms with Crippen molar-refractivity contribution in [1.82, 2.24) is 5.32 Å². The maximum absolute atomic E-state index is 12.1. The van der Waals surface area contributed by atoms with Crippen molar-refractivity contribution in [2.24, 2.45) is 0 Å². The molecule has 0 saturated heterocycles. The molecule has 2 rings (SSSR count). The van der Waals surface area contributed by atoms with Gasteiger partial charge in [-0.15, -0.1) is 0 Å². The number of anilines is 1. The molecule has 19 heavy (non-hydrogen) atoms. The molecule has 1 unspecified atom stereocenters. The fourth-order valence-electron chi connectivity index (χ4n) is 2.43. The van der Waals surface area contributed by atoms with Crippen molar-refractivity contribution in [3.8, 4) is 0 Å². The van der Waals surface area contributed by atoms with Crippen molar-refractivity contribution in [1.29, 1.82) is 0 Å². The first-order valence-electron chi connectivity index (χ1n) is 6.97. The lowest BCUT2D eigenvalue weighted by Crippen LogP contribution is -2.43. The van der Waals surface area contributed by atoms with Crippen LogP contribution in [0.1, 0.15) is 39.0 Å². The average Bonchev–Trinajstić information content (AvgIpc) is 2.42. The van der Waals surface area contributed by atoms with Crippen molar-refractivity contribution in [2.45, 2.75) is 51.1 Å². The van der Waals surface area contributed by atoms with Gasteiger partial charge in [0.05, 0.1) is 0 Å². The fraction of sp³-hybridized carbons (Fsp3) is 0.533. The van der Waals surface area contributed by atoms with Crippen LogP contribution in [-0.4, -0.2) is 18.0 Å². The van der Waals surface area contributed by atoms with Crippen molar-refractivity contribution in [3.63, 3.8) is 0 Å². The molecular weight excluding hydrogens is 351 g/mol. The molecule has 0 bridgehead atoms. The van der Waals surface area contributed by atoms with Crippen LogP contribution in [0.3, 0.4) is 0 Å². The standard InChI is InChI=1S/C15H21IN2O/c1-11(17-14-9-7-12(16)8-10-14)15(19)18-13-5-3-2-4-6-13/h7-11,13,17H,2-6H2,1H3,(H,18,19). The van der Waals surface area contributed by atoms with Crippen LogP contribution >= 0.6 is 22.6 Å². The van der Waals surface area contributed by atoms with E-state index >= 15 is 0 Å². The molecule has 1 fully saturated rings. The second-order valence-electron chi connectivity index (χ2n) is 5.22. The van der Waals surface area contributed by atoms with Gasteiger partial charge in [-0.3, -0.25) is 4.79 Å². The third kappa shape index (κ3) is 4.67. The second-order valence-corrected chi connectivity index (χ2v) is 6.46. The molecule has 1 aromatic carbocycles. The Labute approximate surface area is 128 Å². The summed E-state index contributed by atoms with van der Waals surface area (Å²) >= 11 is 2.27. The molecule has 0 radical (unpaired) electrons. The van der Waals surface area contributed by atoms with Gasteiger partial charge in [0, 0.05) is 15.3 Å². The second kappa shape index (κ2) is 7.12. The molecule has 2 N–H and O–H groups in total. The topological polar surface area (TPSA) is 41.1 Å². The molecule has 4 heteroatoms. The van der Waals surface area contributed by atoms with Crippen LogP contribution in [0.2, 0.25) is 0 Å². The number of carbonyl (C=O) groups is 1. The van der Waals surface area contributed by atoms with E-state index < -0.39 is 0 Å². The third-order valence-corrected chi connectivity index (χ3v) is 4.29. The van der Waals surface area contributed by atoms with Crippen molar-refractivity contribution < 1.29 is 4.79 Å². The van der Waals surface area contributed by atoms with Crippen LogP contribution in [0.4, 0.5) is 5.69 Å². The average molecular weight is 372 g/mol. The number of hydrogen-bond donors (Lipinski definition) is 2. The quantitative estimate of drug-likeness (QED) is 0.794. The zero-order chi connectivity index (χ0) is 13.7. The van der Waals surface area contributed by atoms with Gasteiger partial charge in [-0.25, -0.2) is 0 Å². The van der Waals surface area contributed by atoms with Gasteiger partial charge < -0.3 is 10.6 Å². The number of amides is 1. The van der Waals surface area contributed by atoms with Crippen molar-refractivity contribution in [2.75, 3.05) is 5.32 Å². The van der Waals surface area contributed by atoms with E-state index in [1.54, 1.807) is 0 Å². The minimum Gasteiger partial charge on any atom is -0.374 e. The van der Waals surface area contributed by atoms with Gasteiger partial charge in [0.2, 0.25) is 5.91 Å². The number of hydrogen-bond acceptors (Lipinski definition) is 2.